The molecule has 1 heterocycles. The fraction of sp³-hybridized carbons (Fsp3) is 0.238. The van der Waals surface area contributed by atoms with Crippen LogP contribution in [0, 0.1) is 5.92 Å². The normalized spacial score (nSPS) is 23.5. The molecule has 1 aliphatic carbocycles. The largest absolute Gasteiger partial charge is 0.545 e. The van der Waals surface area contributed by atoms with Gasteiger partial charge in [0.1, 0.15) is 0 Å². The van der Waals surface area contributed by atoms with E-state index in [1.165, 1.54) is 0 Å². The minimum atomic E-state index is -1.16. The fourth-order valence-electron chi connectivity index (χ4n) is 3.97. The molecule has 0 amide bonds. The fourth-order valence-corrected chi connectivity index (χ4v) is 3.97. The first-order chi connectivity index (χ1) is 12.0. The molecule has 0 spiro atoms. The van der Waals surface area contributed by atoms with Gasteiger partial charge in [0.05, 0.1) is 12.0 Å². The molecule has 0 radical (unpaired) electrons. The molecule has 4 heteroatoms. The van der Waals surface area contributed by atoms with E-state index in [0.717, 1.165) is 28.8 Å². The maximum absolute atomic E-state index is 11.7. The molecule has 2 aromatic carbocycles. The number of aromatic carboxylic acids is 1. The highest BCUT2D eigenvalue weighted by Gasteiger charge is 2.37. The van der Waals surface area contributed by atoms with Crippen LogP contribution in [0.15, 0.2) is 54.6 Å². The predicted molar refractivity (Wildman–Crippen MR) is 93.6 cm³/mol. The molecule has 0 bridgehead atoms. The second kappa shape index (κ2) is 5.88. The summed E-state index contributed by atoms with van der Waals surface area (Å²) in [5.41, 5.74) is 4.18. The van der Waals surface area contributed by atoms with E-state index in [1.54, 1.807) is 19.1 Å². The highest BCUT2D eigenvalue weighted by Crippen LogP contribution is 2.49. The van der Waals surface area contributed by atoms with Gasteiger partial charge in [-0.25, -0.2) is 0 Å². The molecule has 4 nitrogen and oxygen atoms in total. The topological polar surface area (TPSA) is 69.2 Å². The first-order valence-electron chi connectivity index (χ1n) is 8.44. The van der Waals surface area contributed by atoms with Crippen LogP contribution in [0.5, 0.6) is 0 Å². The van der Waals surface area contributed by atoms with Crippen LogP contribution in [0.25, 0.3) is 0 Å². The molecule has 3 atom stereocenters. The standard InChI is InChI=1S/C21H19NO3/c1-12(23)15-9-10-19-18(11-15)16-3-2-4-17(16)20(22-19)13-5-7-14(8-6-13)21(24)25/h2-3,5-11,16-17,20,22H,4H2,1H3,(H,24,25)/p-1/t16-,17-,20-/m0/s1. The number of nitrogens with one attached hydrogen (secondary N) is 1. The van der Waals surface area contributed by atoms with Crippen molar-refractivity contribution in [1.82, 2.24) is 0 Å². The van der Waals surface area contributed by atoms with Gasteiger partial charge in [-0.3, -0.25) is 4.79 Å². The van der Waals surface area contributed by atoms with Crippen LogP contribution in [0.4, 0.5) is 5.69 Å². The molecule has 1 aliphatic heterocycles. The average Bonchev–Trinajstić information content (AvgIpc) is 3.10. The first kappa shape index (κ1) is 15.6. The predicted octanol–water partition coefficient (Wildman–Crippen LogP) is 3.08. The molecule has 0 unspecified atom stereocenters. The third-order valence-corrected chi connectivity index (χ3v) is 5.27. The van der Waals surface area contributed by atoms with E-state index in [9.17, 15) is 14.7 Å². The van der Waals surface area contributed by atoms with Gasteiger partial charge in [-0.1, -0.05) is 36.4 Å². The Labute approximate surface area is 146 Å². The summed E-state index contributed by atoms with van der Waals surface area (Å²) in [4.78, 5) is 22.7. The number of carbonyl (C=O) groups is 2. The van der Waals surface area contributed by atoms with Crippen molar-refractivity contribution in [2.75, 3.05) is 5.32 Å². The summed E-state index contributed by atoms with van der Waals surface area (Å²) in [6, 6.07) is 12.8. The van der Waals surface area contributed by atoms with E-state index in [4.69, 9.17) is 0 Å². The molecule has 2 aliphatic rings. The van der Waals surface area contributed by atoms with Gasteiger partial charge in [-0.05, 0) is 54.2 Å². The van der Waals surface area contributed by atoms with Crippen molar-refractivity contribution in [2.45, 2.75) is 25.3 Å². The van der Waals surface area contributed by atoms with Crippen LogP contribution in [-0.4, -0.2) is 11.8 Å². The van der Waals surface area contributed by atoms with Gasteiger partial charge in [0.25, 0.3) is 0 Å². The van der Waals surface area contributed by atoms with Crippen LogP contribution < -0.4 is 10.4 Å². The highest BCUT2D eigenvalue weighted by atomic mass is 16.4. The molecule has 0 fully saturated rings. The summed E-state index contributed by atoms with van der Waals surface area (Å²) in [5, 5.41) is 14.5. The first-order valence-corrected chi connectivity index (χ1v) is 8.44. The molecule has 0 saturated heterocycles. The molecule has 126 valence electrons. The summed E-state index contributed by atoms with van der Waals surface area (Å²) >= 11 is 0. The second-order valence-corrected chi connectivity index (χ2v) is 6.74. The number of fused-ring (bicyclic) bond motifs is 3. The molecular weight excluding hydrogens is 314 g/mol. The number of benzene rings is 2. The molecule has 2 aromatic rings. The zero-order chi connectivity index (χ0) is 17.6. The van der Waals surface area contributed by atoms with Crippen molar-refractivity contribution in [3.05, 3.63) is 76.9 Å². The van der Waals surface area contributed by atoms with Crippen molar-refractivity contribution in [2.24, 2.45) is 5.92 Å². The molecule has 0 aromatic heterocycles. The zero-order valence-electron chi connectivity index (χ0n) is 13.9. The van der Waals surface area contributed by atoms with E-state index in [0.29, 0.717) is 5.92 Å². The van der Waals surface area contributed by atoms with E-state index in [1.807, 2.05) is 30.3 Å². The summed E-state index contributed by atoms with van der Waals surface area (Å²) in [6.45, 7) is 1.58. The monoisotopic (exact) mass is 332 g/mol. The van der Waals surface area contributed by atoms with Gasteiger partial charge in [0.2, 0.25) is 0 Å². The van der Waals surface area contributed by atoms with Gasteiger partial charge in [0.15, 0.2) is 5.78 Å². The quantitative estimate of drug-likeness (QED) is 0.693. The molecular formula is C21H18NO3-. The van der Waals surface area contributed by atoms with E-state index >= 15 is 0 Å². The van der Waals surface area contributed by atoms with Crippen molar-refractivity contribution < 1.29 is 14.7 Å². The number of anilines is 1. The second-order valence-electron chi connectivity index (χ2n) is 6.74. The number of hydrogen-bond acceptors (Lipinski definition) is 4. The highest BCUT2D eigenvalue weighted by molar-refractivity contribution is 5.95. The number of hydrogen-bond donors (Lipinski definition) is 1. The summed E-state index contributed by atoms with van der Waals surface area (Å²) in [7, 11) is 0. The number of rotatable bonds is 3. The van der Waals surface area contributed by atoms with Crippen molar-refractivity contribution in [1.29, 1.82) is 0 Å². The lowest BCUT2D eigenvalue weighted by Gasteiger charge is -2.37. The Bertz CT molecular complexity index is 883. The Morgan fingerprint density at radius 3 is 2.48 bits per heavy atom. The minimum absolute atomic E-state index is 0.0707. The van der Waals surface area contributed by atoms with Crippen molar-refractivity contribution >= 4 is 17.4 Å². The number of allylic oxidation sites excluding steroid dienone is 2. The summed E-state index contributed by atoms with van der Waals surface area (Å²) in [6.07, 6.45) is 5.36. The lowest BCUT2D eigenvalue weighted by molar-refractivity contribution is -0.255. The van der Waals surface area contributed by atoms with Crippen LogP contribution >= 0.6 is 0 Å². The Hall–Kier alpha value is -2.88. The van der Waals surface area contributed by atoms with Crippen LogP contribution in [0.1, 0.15) is 57.1 Å². The van der Waals surface area contributed by atoms with Gasteiger partial charge >= 0.3 is 0 Å². The Kier molecular flexibility index (Phi) is 3.68. The number of Topliss-reactive ketones (excluding diaryl/α,β-unsaturated/α-hetero) is 1. The van der Waals surface area contributed by atoms with Crippen LogP contribution in [0.2, 0.25) is 0 Å². The Morgan fingerprint density at radius 1 is 1.08 bits per heavy atom. The maximum atomic E-state index is 11.7. The Balaban J connectivity index is 1.72. The van der Waals surface area contributed by atoms with Crippen molar-refractivity contribution in [3.63, 3.8) is 0 Å². The van der Waals surface area contributed by atoms with Gasteiger partial charge in [-0.2, -0.15) is 0 Å². The third kappa shape index (κ3) is 2.64. The van der Waals surface area contributed by atoms with E-state index < -0.39 is 5.97 Å². The SMILES string of the molecule is CC(=O)c1ccc2c(c1)[C@H]1C=CC[C@@H]1[C@H](c1ccc(C(=O)[O-])cc1)N2. The number of carboxylic acid groups (broad SMARTS) is 1. The van der Waals surface area contributed by atoms with Gasteiger partial charge < -0.3 is 15.2 Å². The molecule has 0 saturated carbocycles. The third-order valence-electron chi connectivity index (χ3n) is 5.27. The molecule has 25 heavy (non-hydrogen) atoms. The van der Waals surface area contributed by atoms with Gasteiger partial charge in [-0.15, -0.1) is 0 Å². The lowest BCUT2D eigenvalue weighted by Crippen LogP contribution is -2.29. The van der Waals surface area contributed by atoms with Gasteiger partial charge in [0, 0.05) is 17.2 Å². The smallest absolute Gasteiger partial charge is 0.159 e. The lowest BCUT2D eigenvalue weighted by atomic mass is 9.76. The average molecular weight is 332 g/mol. The van der Waals surface area contributed by atoms with E-state index in [2.05, 4.69) is 17.5 Å². The molecule has 4 rings (SSSR count). The van der Waals surface area contributed by atoms with E-state index in [-0.39, 0.29) is 23.3 Å². The zero-order valence-corrected chi connectivity index (χ0v) is 13.9. The Morgan fingerprint density at radius 2 is 1.80 bits per heavy atom. The summed E-state index contributed by atoms with van der Waals surface area (Å²) in [5.74, 6) is -0.475. The van der Waals surface area contributed by atoms with Crippen LogP contribution in [-0.2, 0) is 0 Å². The summed E-state index contributed by atoms with van der Waals surface area (Å²) < 4.78 is 0. The van der Waals surface area contributed by atoms with Crippen LogP contribution in [0.3, 0.4) is 0 Å². The number of carbonyl (C=O) groups excluding carboxylic acids is 2. The number of ketones is 1. The number of carboxylic acids is 1. The molecule has 1 N–H and O–H groups in total. The van der Waals surface area contributed by atoms with Crippen molar-refractivity contribution in [3.8, 4) is 0 Å². The maximum Gasteiger partial charge on any atom is 0.159 e. The minimum Gasteiger partial charge on any atom is -0.545 e.